The van der Waals surface area contributed by atoms with Crippen LogP contribution in [0.15, 0.2) is 64.4 Å². The molecule has 0 bridgehead atoms. The van der Waals surface area contributed by atoms with Crippen molar-refractivity contribution in [2.24, 2.45) is 11.8 Å². The van der Waals surface area contributed by atoms with E-state index in [2.05, 4.69) is 10.3 Å². The zero-order chi connectivity index (χ0) is 24.9. The van der Waals surface area contributed by atoms with Gasteiger partial charge >= 0.3 is 5.69 Å². The molecule has 3 heterocycles. The summed E-state index contributed by atoms with van der Waals surface area (Å²) in [5.41, 5.74) is 2.30. The molecule has 1 N–H and O–H groups in total. The number of hydrogen-bond donors (Lipinski definition) is 1. The number of hydrogen-bond acceptors (Lipinski definition) is 5. The summed E-state index contributed by atoms with van der Waals surface area (Å²) >= 11 is 0. The molecule has 4 rings (SSSR count). The molecule has 8 nitrogen and oxygen atoms in total. The maximum absolute atomic E-state index is 13.5. The molecule has 0 aliphatic carbocycles. The number of carbonyl (C=O) groups excluding carboxylic acids is 1. The highest BCUT2D eigenvalue weighted by Crippen LogP contribution is 2.24. The van der Waals surface area contributed by atoms with E-state index in [1.165, 1.54) is 4.57 Å². The van der Waals surface area contributed by atoms with Gasteiger partial charge in [0.2, 0.25) is 5.91 Å². The van der Waals surface area contributed by atoms with Gasteiger partial charge in [-0.05, 0) is 49.4 Å². The van der Waals surface area contributed by atoms with E-state index >= 15 is 0 Å². The van der Waals surface area contributed by atoms with Gasteiger partial charge < -0.3 is 10.2 Å². The molecule has 1 fully saturated rings. The molecule has 1 aliphatic heterocycles. The molecule has 35 heavy (non-hydrogen) atoms. The number of benzene rings is 1. The highest BCUT2D eigenvalue weighted by atomic mass is 16.2. The van der Waals surface area contributed by atoms with Crippen LogP contribution in [-0.2, 0) is 17.9 Å². The highest BCUT2D eigenvalue weighted by molar-refractivity contribution is 5.79. The van der Waals surface area contributed by atoms with Gasteiger partial charge in [0, 0.05) is 44.5 Å². The van der Waals surface area contributed by atoms with Crippen LogP contribution in [0.3, 0.4) is 0 Å². The van der Waals surface area contributed by atoms with E-state index in [0.29, 0.717) is 50.4 Å². The molecular formula is C27H33N5O3. The first-order valence-electron chi connectivity index (χ1n) is 12.2. The summed E-state index contributed by atoms with van der Waals surface area (Å²) in [4.78, 5) is 45.8. The first-order valence-corrected chi connectivity index (χ1v) is 12.2. The normalized spacial score (nSPS) is 14.3. The fourth-order valence-corrected chi connectivity index (χ4v) is 4.71. The number of nitrogens with zero attached hydrogens (tertiary/aromatic N) is 4. The van der Waals surface area contributed by atoms with E-state index in [1.807, 2.05) is 68.1 Å². The SMILES string of the molecule is Cc1c(N2CCC(C(=O)NCc3cccnc3)CC2)c(=O)n(CC(C)C)c(=O)n1-c1ccccc1. The van der Waals surface area contributed by atoms with Gasteiger partial charge in [0.15, 0.2) is 0 Å². The number of para-hydroxylation sites is 1. The Hall–Kier alpha value is -3.68. The third-order valence-corrected chi connectivity index (χ3v) is 6.48. The van der Waals surface area contributed by atoms with Gasteiger partial charge in [-0.15, -0.1) is 0 Å². The van der Waals surface area contributed by atoms with Gasteiger partial charge in [-0.2, -0.15) is 0 Å². The predicted octanol–water partition coefficient (Wildman–Crippen LogP) is 2.89. The Balaban J connectivity index is 1.57. The summed E-state index contributed by atoms with van der Waals surface area (Å²) in [6.45, 7) is 7.78. The Kier molecular flexibility index (Phi) is 7.48. The molecular weight excluding hydrogens is 442 g/mol. The molecule has 0 saturated carbocycles. The van der Waals surface area contributed by atoms with Crippen molar-refractivity contribution in [1.82, 2.24) is 19.4 Å². The summed E-state index contributed by atoms with van der Waals surface area (Å²) in [5.74, 6) is 0.0623. The Labute approximate surface area is 205 Å². The standard InChI is InChI=1S/C27H33N5O3/c1-19(2)18-31-26(34)24(20(3)32(27(31)35)23-9-5-4-6-10-23)30-14-11-22(12-15-30)25(33)29-17-21-8-7-13-28-16-21/h4-10,13,16,19,22H,11-12,14-15,17-18H2,1-3H3,(H,29,33). The van der Waals surface area contributed by atoms with E-state index in [0.717, 1.165) is 11.3 Å². The van der Waals surface area contributed by atoms with Crippen molar-refractivity contribution in [3.05, 3.63) is 87.0 Å². The second-order valence-corrected chi connectivity index (χ2v) is 9.54. The summed E-state index contributed by atoms with van der Waals surface area (Å²) in [6.07, 6.45) is 4.74. The van der Waals surface area contributed by atoms with Crippen molar-refractivity contribution in [1.29, 1.82) is 0 Å². The molecule has 184 valence electrons. The molecule has 1 aromatic carbocycles. The van der Waals surface area contributed by atoms with Gasteiger partial charge in [-0.1, -0.05) is 38.1 Å². The Morgan fingerprint density at radius 1 is 1.09 bits per heavy atom. The Morgan fingerprint density at radius 2 is 1.80 bits per heavy atom. The van der Waals surface area contributed by atoms with Crippen LogP contribution in [0.25, 0.3) is 5.69 Å². The fraction of sp³-hybridized carbons (Fsp3) is 0.407. The van der Waals surface area contributed by atoms with Crippen molar-refractivity contribution in [2.45, 2.75) is 46.7 Å². The summed E-state index contributed by atoms with van der Waals surface area (Å²) in [5, 5.41) is 3.01. The van der Waals surface area contributed by atoms with Crippen LogP contribution in [0.1, 0.15) is 37.9 Å². The number of amides is 1. The number of rotatable bonds is 7. The molecule has 1 amide bonds. The number of anilines is 1. The maximum atomic E-state index is 13.5. The van der Waals surface area contributed by atoms with E-state index in [-0.39, 0.29) is 29.0 Å². The van der Waals surface area contributed by atoms with Gasteiger partial charge in [0.1, 0.15) is 5.69 Å². The second kappa shape index (κ2) is 10.7. The molecule has 0 atom stereocenters. The molecule has 1 aliphatic rings. The van der Waals surface area contributed by atoms with Crippen LogP contribution in [0.5, 0.6) is 0 Å². The number of aromatic nitrogens is 3. The fourth-order valence-electron chi connectivity index (χ4n) is 4.71. The minimum atomic E-state index is -0.319. The predicted molar refractivity (Wildman–Crippen MR) is 137 cm³/mol. The lowest BCUT2D eigenvalue weighted by atomic mass is 9.95. The number of pyridine rings is 1. The first-order chi connectivity index (χ1) is 16.9. The lowest BCUT2D eigenvalue weighted by molar-refractivity contribution is -0.125. The van der Waals surface area contributed by atoms with E-state index in [4.69, 9.17) is 0 Å². The van der Waals surface area contributed by atoms with Crippen molar-refractivity contribution >= 4 is 11.6 Å². The van der Waals surface area contributed by atoms with Crippen molar-refractivity contribution < 1.29 is 4.79 Å². The summed E-state index contributed by atoms with van der Waals surface area (Å²) < 4.78 is 2.98. The summed E-state index contributed by atoms with van der Waals surface area (Å²) in [6, 6.07) is 13.2. The number of nitrogens with one attached hydrogen (secondary N) is 1. The average molecular weight is 476 g/mol. The third kappa shape index (κ3) is 5.37. The number of piperidine rings is 1. The molecule has 0 unspecified atom stereocenters. The van der Waals surface area contributed by atoms with Crippen LogP contribution < -0.4 is 21.5 Å². The van der Waals surface area contributed by atoms with Gasteiger partial charge in [-0.3, -0.25) is 23.7 Å². The van der Waals surface area contributed by atoms with Crippen molar-refractivity contribution in [2.75, 3.05) is 18.0 Å². The Morgan fingerprint density at radius 3 is 2.43 bits per heavy atom. The average Bonchev–Trinajstić information content (AvgIpc) is 2.87. The topological polar surface area (TPSA) is 89.2 Å². The smallest absolute Gasteiger partial charge is 0.335 e. The van der Waals surface area contributed by atoms with Gasteiger partial charge in [-0.25, -0.2) is 4.79 Å². The van der Waals surface area contributed by atoms with Gasteiger partial charge in [0.05, 0.1) is 11.4 Å². The van der Waals surface area contributed by atoms with Crippen LogP contribution in [0.2, 0.25) is 0 Å². The molecule has 0 radical (unpaired) electrons. The molecule has 1 saturated heterocycles. The van der Waals surface area contributed by atoms with Crippen molar-refractivity contribution in [3.8, 4) is 5.69 Å². The van der Waals surface area contributed by atoms with E-state index in [1.54, 1.807) is 17.0 Å². The molecule has 2 aromatic heterocycles. The zero-order valence-electron chi connectivity index (χ0n) is 20.6. The van der Waals surface area contributed by atoms with Crippen LogP contribution in [-0.4, -0.2) is 33.1 Å². The van der Waals surface area contributed by atoms with Crippen molar-refractivity contribution in [3.63, 3.8) is 0 Å². The first kappa shape index (κ1) is 24.4. The minimum absolute atomic E-state index is 0.0247. The van der Waals surface area contributed by atoms with Crippen LogP contribution >= 0.6 is 0 Å². The summed E-state index contributed by atoms with van der Waals surface area (Å²) in [7, 11) is 0. The monoisotopic (exact) mass is 475 g/mol. The Bertz CT molecular complexity index is 1270. The quantitative estimate of drug-likeness (QED) is 0.568. The number of carbonyl (C=O) groups is 1. The van der Waals surface area contributed by atoms with E-state index in [9.17, 15) is 14.4 Å². The van der Waals surface area contributed by atoms with Crippen LogP contribution in [0.4, 0.5) is 5.69 Å². The molecule has 8 heteroatoms. The third-order valence-electron chi connectivity index (χ3n) is 6.48. The maximum Gasteiger partial charge on any atom is 0.335 e. The van der Waals surface area contributed by atoms with Gasteiger partial charge in [0.25, 0.3) is 5.56 Å². The van der Waals surface area contributed by atoms with E-state index < -0.39 is 0 Å². The zero-order valence-corrected chi connectivity index (χ0v) is 20.6. The van der Waals surface area contributed by atoms with Crippen LogP contribution in [0, 0.1) is 18.8 Å². The minimum Gasteiger partial charge on any atom is -0.366 e. The largest absolute Gasteiger partial charge is 0.366 e. The molecule has 0 spiro atoms. The highest BCUT2D eigenvalue weighted by Gasteiger charge is 2.29. The lowest BCUT2D eigenvalue weighted by Crippen LogP contribution is -2.47. The molecule has 3 aromatic rings. The lowest BCUT2D eigenvalue weighted by Gasteiger charge is -2.34. The second-order valence-electron chi connectivity index (χ2n) is 9.54.